The van der Waals surface area contributed by atoms with E-state index in [4.69, 9.17) is 0 Å². The van der Waals surface area contributed by atoms with E-state index in [2.05, 4.69) is 31.1 Å². The molecule has 0 radical (unpaired) electrons. The normalized spacial score (nSPS) is 10.8. The minimum atomic E-state index is -1.51. The number of aromatic nitrogens is 2. The Bertz CT molecular complexity index is 579. The maximum atomic E-state index is 11.7. The lowest BCUT2D eigenvalue weighted by Gasteiger charge is -2.04. The summed E-state index contributed by atoms with van der Waals surface area (Å²) >= 11 is 0. The van der Waals surface area contributed by atoms with Crippen LogP contribution in [0.3, 0.4) is 0 Å². The van der Waals surface area contributed by atoms with Gasteiger partial charge in [-0.25, -0.2) is 4.79 Å². The summed E-state index contributed by atoms with van der Waals surface area (Å²) in [4.78, 5) is 23.2. The summed E-state index contributed by atoms with van der Waals surface area (Å²) in [6.45, 7) is 6.31. The van der Waals surface area contributed by atoms with E-state index in [1.54, 1.807) is 7.05 Å². The predicted molar refractivity (Wildman–Crippen MR) is 67.1 cm³/mol. The Morgan fingerprint density at radius 3 is 2.25 bits per heavy atom. The molecule has 0 fully saturated rings. The van der Waals surface area contributed by atoms with Crippen LogP contribution >= 0.6 is 0 Å². The van der Waals surface area contributed by atoms with E-state index in [1.165, 1.54) is 17.8 Å². The Labute approximate surface area is 95.5 Å². The first-order valence-electron chi connectivity index (χ1n) is 5.02. The number of hydrogen-bond donors (Lipinski definition) is 0. The molecule has 0 aliphatic rings. The monoisotopic (exact) mass is 236 g/mol. The molecule has 0 unspecified atom stereocenters. The molecule has 5 heteroatoms. The molecule has 0 N–H and O–H groups in total. The zero-order valence-corrected chi connectivity index (χ0v) is 11.3. The van der Waals surface area contributed by atoms with Crippen LogP contribution in [-0.2, 0) is 14.1 Å². The summed E-state index contributed by atoms with van der Waals surface area (Å²) in [6.07, 6.45) is 1.50. The molecule has 0 aromatic carbocycles. The van der Waals surface area contributed by atoms with E-state index in [1.807, 2.05) is 0 Å². The Kier molecular flexibility index (Phi) is 3.24. The summed E-state index contributed by atoms with van der Waals surface area (Å²) in [5, 5.41) is 0. The first-order valence-corrected chi connectivity index (χ1v) is 8.52. The molecule has 4 nitrogen and oxygen atoms in total. The zero-order valence-electron chi connectivity index (χ0n) is 10.3. The lowest BCUT2D eigenvalue weighted by Crippen LogP contribution is -2.37. The molecule has 1 rings (SSSR count). The van der Waals surface area contributed by atoms with Gasteiger partial charge in [0.25, 0.3) is 5.56 Å². The third-order valence-corrected chi connectivity index (χ3v) is 2.89. The summed E-state index contributed by atoms with van der Waals surface area (Å²) < 4.78 is 2.45. The Morgan fingerprint density at radius 1 is 1.19 bits per heavy atom. The van der Waals surface area contributed by atoms with Crippen molar-refractivity contribution >= 4 is 8.07 Å². The quantitative estimate of drug-likeness (QED) is 0.481. The third kappa shape index (κ3) is 2.73. The van der Waals surface area contributed by atoms with Gasteiger partial charge in [0.1, 0.15) is 13.6 Å². The average molecular weight is 236 g/mol. The molecule has 0 amide bonds. The van der Waals surface area contributed by atoms with E-state index >= 15 is 0 Å². The first-order chi connectivity index (χ1) is 7.22. The molecule has 1 aromatic heterocycles. The summed E-state index contributed by atoms with van der Waals surface area (Å²) in [5.41, 5.74) is 2.84. The van der Waals surface area contributed by atoms with Crippen molar-refractivity contribution in [3.8, 4) is 11.5 Å². The molecular weight excluding hydrogens is 220 g/mol. The fourth-order valence-electron chi connectivity index (χ4n) is 1.15. The molecule has 0 atom stereocenters. The minimum absolute atomic E-state index is 0.325. The molecule has 1 heterocycles. The highest BCUT2D eigenvalue weighted by molar-refractivity contribution is 6.83. The molecule has 16 heavy (non-hydrogen) atoms. The van der Waals surface area contributed by atoms with Gasteiger partial charge in [-0.3, -0.25) is 9.36 Å². The topological polar surface area (TPSA) is 44.0 Å². The summed E-state index contributed by atoms with van der Waals surface area (Å²) in [5.74, 6) is 2.88. The van der Waals surface area contributed by atoms with E-state index < -0.39 is 8.07 Å². The fourth-order valence-corrected chi connectivity index (χ4v) is 1.66. The highest BCUT2D eigenvalue weighted by atomic mass is 28.3. The second-order valence-electron chi connectivity index (χ2n) is 4.80. The molecular formula is C11H16N2O2Si. The van der Waals surface area contributed by atoms with Crippen LogP contribution in [0.4, 0.5) is 0 Å². The Hall–Kier alpha value is -1.54. The van der Waals surface area contributed by atoms with Crippen molar-refractivity contribution in [2.24, 2.45) is 14.1 Å². The van der Waals surface area contributed by atoms with Gasteiger partial charge in [-0.1, -0.05) is 25.6 Å². The SMILES string of the molecule is Cn1cc(C#C[Si](C)(C)C)c(=O)n(C)c1=O. The Morgan fingerprint density at radius 2 is 1.75 bits per heavy atom. The van der Waals surface area contributed by atoms with E-state index in [0.29, 0.717) is 5.56 Å². The van der Waals surface area contributed by atoms with E-state index in [0.717, 1.165) is 4.57 Å². The van der Waals surface area contributed by atoms with Crippen LogP contribution in [0, 0.1) is 11.5 Å². The third-order valence-electron chi connectivity index (χ3n) is 2.02. The molecule has 0 spiro atoms. The van der Waals surface area contributed by atoms with Crippen molar-refractivity contribution in [2.75, 3.05) is 0 Å². The maximum absolute atomic E-state index is 11.7. The largest absolute Gasteiger partial charge is 0.330 e. The molecule has 0 aliphatic heterocycles. The van der Waals surface area contributed by atoms with E-state index in [-0.39, 0.29) is 11.2 Å². The smallest absolute Gasteiger partial charge is 0.302 e. The standard InChI is InChI=1S/C11H16N2O2Si/c1-12-8-9(6-7-16(3,4)5)10(14)13(2)11(12)15/h8H,1-5H3. The van der Waals surface area contributed by atoms with Gasteiger partial charge in [-0.05, 0) is 0 Å². The highest BCUT2D eigenvalue weighted by Gasteiger charge is 2.09. The molecule has 1 aromatic rings. The summed E-state index contributed by atoms with van der Waals surface area (Å²) in [6, 6.07) is 0. The van der Waals surface area contributed by atoms with Crippen molar-refractivity contribution in [1.29, 1.82) is 0 Å². The molecule has 0 saturated carbocycles. The zero-order chi connectivity index (χ0) is 12.5. The number of hydrogen-bond acceptors (Lipinski definition) is 2. The second-order valence-corrected chi connectivity index (χ2v) is 9.55. The van der Waals surface area contributed by atoms with Gasteiger partial charge in [-0.15, -0.1) is 5.54 Å². The molecule has 0 bridgehead atoms. The maximum Gasteiger partial charge on any atom is 0.330 e. The van der Waals surface area contributed by atoms with Crippen LogP contribution in [0.15, 0.2) is 15.8 Å². The minimum Gasteiger partial charge on any atom is -0.302 e. The van der Waals surface area contributed by atoms with Crippen LogP contribution in [0.1, 0.15) is 5.56 Å². The first kappa shape index (κ1) is 12.5. The van der Waals surface area contributed by atoms with Gasteiger partial charge in [0, 0.05) is 20.3 Å². The predicted octanol–water partition coefficient (Wildman–Crippen LogP) is 0.313. The summed E-state index contributed by atoms with van der Waals surface area (Å²) in [7, 11) is 1.57. The van der Waals surface area contributed by atoms with Crippen LogP contribution < -0.4 is 11.2 Å². The lowest BCUT2D eigenvalue weighted by molar-refractivity contribution is 0.682. The van der Waals surface area contributed by atoms with Crippen LogP contribution in [0.25, 0.3) is 0 Å². The number of aryl methyl sites for hydroxylation is 1. The number of nitrogens with zero attached hydrogens (tertiary/aromatic N) is 2. The van der Waals surface area contributed by atoms with Gasteiger partial charge in [0.05, 0.1) is 0 Å². The van der Waals surface area contributed by atoms with Crippen molar-refractivity contribution in [2.45, 2.75) is 19.6 Å². The van der Waals surface area contributed by atoms with Crippen LogP contribution in [0.2, 0.25) is 19.6 Å². The van der Waals surface area contributed by atoms with Gasteiger partial charge < -0.3 is 4.57 Å². The van der Waals surface area contributed by atoms with Crippen LogP contribution in [0.5, 0.6) is 0 Å². The van der Waals surface area contributed by atoms with Gasteiger partial charge in [0.15, 0.2) is 0 Å². The molecule has 0 aliphatic carbocycles. The van der Waals surface area contributed by atoms with Crippen molar-refractivity contribution in [1.82, 2.24) is 9.13 Å². The van der Waals surface area contributed by atoms with Gasteiger partial charge in [0.2, 0.25) is 0 Å². The van der Waals surface area contributed by atoms with Crippen LogP contribution in [-0.4, -0.2) is 17.2 Å². The van der Waals surface area contributed by atoms with Crippen molar-refractivity contribution in [3.05, 3.63) is 32.6 Å². The van der Waals surface area contributed by atoms with E-state index in [9.17, 15) is 9.59 Å². The molecule has 0 saturated heterocycles. The lowest BCUT2D eigenvalue weighted by atomic mass is 10.3. The van der Waals surface area contributed by atoms with Crippen molar-refractivity contribution < 1.29 is 0 Å². The van der Waals surface area contributed by atoms with Gasteiger partial charge >= 0.3 is 5.69 Å². The number of rotatable bonds is 0. The second kappa shape index (κ2) is 4.14. The fraction of sp³-hybridized carbons (Fsp3) is 0.455. The Balaban J connectivity index is 3.43. The highest BCUT2D eigenvalue weighted by Crippen LogP contribution is 1.97. The van der Waals surface area contributed by atoms with Gasteiger partial charge in [-0.2, -0.15) is 0 Å². The van der Waals surface area contributed by atoms with Crippen molar-refractivity contribution in [3.63, 3.8) is 0 Å². The average Bonchev–Trinajstić information content (AvgIpc) is 2.17. The molecule has 86 valence electrons.